The smallest absolute Gasteiger partial charge is 0.236 e. The lowest BCUT2D eigenvalue weighted by Gasteiger charge is -2.28. The van der Waals surface area contributed by atoms with Gasteiger partial charge in [0.1, 0.15) is 37.4 Å². The van der Waals surface area contributed by atoms with E-state index in [2.05, 4.69) is 5.32 Å². The molecule has 1 aromatic carbocycles. The fraction of sp³-hybridized carbons (Fsp3) is 0.562. The summed E-state index contributed by atoms with van der Waals surface area (Å²) < 4.78 is 13.1. The number of hydrogen-bond acceptors (Lipinski definition) is 2. The molecule has 3 N–H and O–H groups in total. The third-order valence-corrected chi connectivity index (χ3v) is 5.91. The van der Waals surface area contributed by atoms with E-state index in [9.17, 15) is 9.18 Å². The van der Waals surface area contributed by atoms with Gasteiger partial charge in [0.15, 0.2) is 0 Å². The third kappa shape index (κ3) is 3.45. The highest BCUT2D eigenvalue weighted by Crippen LogP contribution is 2.42. The number of benzene rings is 1. The molecule has 6 heteroatoms. The lowest BCUT2D eigenvalue weighted by atomic mass is 10.2. The number of hydrogen-bond donors (Lipinski definition) is 2. The Hall–Kier alpha value is -1.11. The molecular formula is C16H24FN3OS+2. The van der Waals surface area contributed by atoms with Crippen LogP contribution in [0.15, 0.2) is 24.3 Å². The predicted molar refractivity (Wildman–Crippen MR) is 85.1 cm³/mol. The average Bonchev–Trinajstić information content (AvgIpc) is 2.82. The Labute approximate surface area is 135 Å². The normalized spacial score (nSPS) is 26.6. The van der Waals surface area contributed by atoms with Crippen molar-refractivity contribution in [2.45, 2.75) is 17.5 Å². The fourth-order valence-electron chi connectivity index (χ4n) is 3.20. The van der Waals surface area contributed by atoms with Crippen LogP contribution in [0.2, 0.25) is 0 Å². The van der Waals surface area contributed by atoms with Gasteiger partial charge < -0.3 is 15.1 Å². The topological polar surface area (TPSA) is 41.4 Å². The monoisotopic (exact) mass is 325 g/mol. The van der Waals surface area contributed by atoms with Crippen molar-refractivity contribution in [1.29, 1.82) is 0 Å². The maximum Gasteiger partial charge on any atom is 0.236 e. The van der Waals surface area contributed by atoms with Gasteiger partial charge in [-0.1, -0.05) is 12.1 Å². The van der Waals surface area contributed by atoms with E-state index in [4.69, 9.17) is 0 Å². The molecule has 0 aliphatic carbocycles. The van der Waals surface area contributed by atoms with Crippen LogP contribution in [0, 0.1) is 5.82 Å². The first kappa shape index (κ1) is 15.8. The summed E-state index contributed by atoms with van der Waals surface area (Å²) in [4.78, 5) is 16.0. The van der Waals surface area contributed by atoms with Gasteiger partial charge in [0, 0.05) is 0 Å². The molecule has 0 aromatic heterocycles. The van der Waals surface area contributed by atoms with Crippen LogP contribution < -0.4 is 10.2 Å². The molecule has 0 unspecified atom stereocenters. The van der Waals surface area contributed by atoms with Crippen molar-refractivity contribution in [2.75, 3.05) is 39.3 Å². The van der Waals surface area contributed by atoms with Crippen molar-refractivity contribution in [3.8, 4) is 0 Å². The molecular weight excluding hydrogens is 301 g/mol. The highest BCUT2D eigenvalue weighted by Gasteiger charge is 2.38. The summed E-state index contributed by atoms with van der Waals surface area (Å²) in [5, 5.41) is 2.36. The lowest BCUT2D eigenvalue weighted by Crippen LogP contribution is -3.20. The number of amides is 1. The second kappa shape index (κ2) is 6.98. The van der Waals surface area contributed by atoms with Crippen LogP contribution in [0.3, 0.4) is 0 Å². The van der Waals surface area contributed by atoms with Gasteiger partial charge in [-0.15, -0.1) is 11.8 Å². The molecule has 2 aliphatic heterocycles. The number of piperazine rings is 1. The quantitative estimate of drug-likeness (QED) is 0.765. The third-order valence-electron chi connectivity index (χ3n) is 4.51. The van der Waals surface area contributed by atoms with E-state index in [0.717, 1.165) is 18.7 Å². The van der Waals surface area contributed by atoms with E-state index in [1.54, 1.807) is 28.8 Å². The molecule has 2 aliphatic rings. The molecule has 22 heavy (non-hydrogen) atoms. The number of quaternary nitrogens is 2. The van der Waals surface area contributed by atoms with Crippen molar-refractivity contribution in [3.05, 3.63) is 35.6 Å². The summed E-state index contributed by atoms with van der Waals surface area (Å²) in [7, 11) is 0. The molecule has 120 valence electrons. The highest BCUT2D eigenvalue weighted by molar-refractivity contribution is 8.01. The molecule has 0 radical (unpaired) electrons. The number of carbonyl (C=O) groups is 1. The van der Waals surface area contributed by atoms with Crippen LogP contribution in [0.4, 0.5) is 4.39 Å². The summed E-state index contributed by atoms with van der Waals surface area (Å²) in [6, 6.07) is 6.56. The molecule has 1 aromatic rings. The molecule has 1 amide bonds. The fourth-order valence-corrected chi connectivity index (χ4v) is 4.51. The minimum atomic E-state index is -0.230. The van der Waals surface area contributed by atoms with Crippen molar-refractivity contribution < 1.29 is 19.4 Å². The van der Waals surface area contributed by atoms with E-state index in [1.807, 2.05) is 11.8 Å². The zero-order chi connectivity index (χ0) is 15.5. The lowest BCUT2D eigenvalue weighted by molar-refractivity contribution is -0.946. The molecule has 0 spiro atoms. The number of nitrogens with two attached hydrogens (primary N) is 1. The van der Waals surface area contributed by atoms with E-state index in [-0.39, 0.29) is 22.3 Å². The Morgan fingerprint density at radius 2 is 2.00 bits per heavy atom. The van der Waals surface area contributed by atoms with E-state index in [0.29, 0.717) is 0 Å². The summed E-state index contributed by atoms with van der Waals surface area (Å²) >= 11 is 1.67. The molecule has 0 saturated carbocycles. The van der Waals surface area contributed by atoms with Gasteiger partial charge in [0.25, 0.3) is 0 Å². The van der Waals surface area contributed by atoms with Crippen molar-refractivity contribution in [3.63, 3.8) is 0 Å². The standard InChI is InChI=1S/C16H22FN3OS/c1-12-15(21)20(11-10-19-8-6-18-7-9-19)16(22-12)13-2-4-14(17)5-3-13/h2-5,12,16,18H,6-11H2,1H3/p+2/t12-,16-/m1/s1. The summed E-state index contributed by atoms with van der Waals surface area (Å²) in [5.74, 6) is -0.0195. The van der Waals surface area contributed by atoms with Crippen LogP contribution in [-0.2, 0) is 4.79 Å². The van der Waals surface area contributed by atoms with Crippen molar-refractivity contribution in [2.24, 2.45) is 0 Å². The number of rotatable bonds is 4. The average molecular weight is 325 g/mol. The summed E-state index contributed by atoms with van der Waals surface area (Å²) in [6.07, 6.45) is 0. The van der Waals surface area contributed by atoms with Gasteiger partial charge in [0.2, 0.25) is 5.91 Å². The largest absolute Gasteiger partial charge is 0.337 e. The molecule has 2 heterocycles. The number of nitrogens with zero attached hydrogens (tertiary/aromatic N) is 1. The molecule has 2 saturated heterocycles. The first-order chi connectivity index (χ1) is 10.6. The summed E-state index contributed by atoms with van der Waals surface area (Å²) in [6.45, 7) is 8.45. The van der Waals surface area contributed by atoms with Crippen LogP contribution in [-0.4, -0.2) is 55.3 Å². The number of nitrogens with one attached hydrogen (secondary N) is 1. The summed E-state index contributed by atoms with van der Waals surface area (Å²) in [5.41, 5.74) is 1.02. The van der Waals surface area contributed by atoms with Gasteiger partial charge in [0.05, 0.1) is 18.3 Å². The molecule has 2 atom stereocenters. The Bertz CT molecular complexity index is 519. The van der Waals surface area contributed by atoms with Crippen molar-refractivity contribution >= 4 is 17.7 Å². The predicted octanol–water partition coefficient (Wildman–Crippen LogP) is -0.750. The number of halogens is 1. The molecule has 0 bridgehead atoms. The Morgan fingerprint density at radius 1 is 1.32 bits per heavy atom. The highest BCUT2D eigenvalue weighted by atomic mass is 32.2. The molecule has 3 rings (SSSR count). The zero-order valence-electron chi connectivity index (χ0n) is 12.9. The zero-order valence-corrected chi connectivity index (χ0v) is 13.7. The van der Waals surface area contributed by atoms with Crippen LogP contribution in [0.1, 0.15) is 17.9 Å². The van der Waals surface area contributed by atoms with Gasteiger partial charge in [-0.05, 0) is 24.6 Å². The van der Waals surface area contributed by atoms with Crippen LogP contribution >= 0.6 is 11.8 Å². The SMILES string of the molecule is C[C@H]1S[C@H](c2ccc(F)cc2)N(CC[NH+]2CC[NH2+]CC2)C1=O. The van der Waals surface area contributed by atoms with Gasteiger partial charge in [-0.3, -0.25) is 4.79 Å². The van der Waals surface area contributed by atoms with Crippen LogP contribution in [0.25, 0.3) is 0 Å². The first-order valence-electron chi connectivity index (χ1n) is 8.02. The van der Waals surface area contributed by atoms with Crippen molar-refractivity contribution in [1.82, 2.24) is 4.90 Å². The molecule has 2 fully saturated rings. The van der Waals surface area contributed by atoms with Gasteiger partial charge in [-0.25, -0.2) is 4.39 Å². The number of carbonyl (C=O) groups excluding carboxylic acids is 1. The minimum absolute atomic E-state index is 0.0141. The maximum atomic E-state index is 13.1. The van der Waals surface area contributed by atoms with Gasteiger partial charge >= 0.3 is 0 Å². The Balaban J connectivity index is 1.68. The maximum absolute atomic E-state index is 13.1. The van der Waals surface area contributed by atoms with E-state index in [1.165, 1.54) is 38.3 Å². The Morgan fingerprint density at radius 3 is 2.68 bits per heavy atom. The Kier molecular flexibility index (Phi) is 5.00. The minimum Gasteiger partial charge on any atom is -0.337 e. The number of thioether (sulfide) groups is 1. The van der Waals surface area contributed by atoms with E-state index >= 15 is 0 Å². The van der Waals surface area contributed by atoms with E-state index < -0.39 is 0 Å². The van der Waals surface area contributed by atoms with Gasteiger partial charge in [-0.2, -0.15) is 0 Å². The first-order valence-corrected chi connectivity index (χ1v) is 8.96. The second-order valence-electron chi connectivity index (χ2n) is 6.08. The van der Waals surface area contributed by atoms with Crippen LogP contribution in [0.5, 0.6) is 0 Å². The second-order valence-corrected chi connectivity index (χ2v) is 7.51. The molecule has 4 nitrogen and oxygen atoms in total.